The number of carbonyl (C=O) groups excluding carboxylic acids is 3. The van der Waals surface area contributed by atoms with Crippen molar-refractivity contribution >= 4 is 45.3 Å². The van der Waals surface area contributed by atoms with Crippen molar-refractivity contribution in [3.05, 3.63) is 110 Å². The predicted molar refractivity (Wildman–Crippen MR) is 143 cm³/mol. The first kappa shape index (κ1) is 24.6. The Kier molecular flexibility index (Phi) is 6.73. The minimum Gasteiger partial charge on any atom is -0.503 e. The molecule has 1 atom stereocenters. The van der Waals surface area contributed by atoms with Gasteiger partial charge >= 0.3 is 0 Å². The number of ketones is 2. The van der Waals surface area contributed by atoms with Crippen LogP contribution in [0.15, 0.2) is 83.4 Å². The van der Waals surface area contributed by atoms with Crippen molar-refractivity contribution in [2.75, 3.05) is 4.90 Å². The quantitative estimate of drug-likeness (QED) is 0.278. The zero-order chi connectivity index (χ0) is 26.1. The molecule has 0 saturated heterocycles. The minimum atomic E-state index is -0.951. The number of aryl methyl sites for hydroxylation is 1. The molecule has 1 amide bonds. The van der Waals surface area contributed by atoms with Gasteiger partial charge in [0.2, 0.25) is 5.78 Å². The summed E-state index contributed by atoms with van der Waals surface area (Å²) in [4.78, 5) is 45.5. The molecule has 9 heteroatoms. The van der Waals surface area contributed by atoms with E-state index in [9.17, 15) is 19.5 Å². The van der Waals surface area contributed by atoms with E-state index in [-0.39, 0.29) is 16.5 Å². The van der Waals surface area contributed by atoms with Crippen molar-refractivity contribution in [3.63, 3.8) is 0 Å². The fraction of sp³-hybridized carbons (Fsp3) is 0.143. The molecule has 1 N–H and O–H groups in total. The molecule has 5 rings (SSSR count). The summed E-state index contributed by atoms with van der Waals surface area (Å²) in [5, 5.41) is 12.9. The lowest BCUT2D eigenvalue weighted by molar-refractivity contribution is -0.117. The Bertz CT molecular complexity index is 1520. The summed E-state index contributed by atoms with van der Waals surface area (Å²) in [6.45, 7) is 3.46. The van der Waals surface area contributed by atoms with Crippen molar-refractivity contribution in [2.45, 2.75) is 26.5 Å². The highest BCUT2D eigenvalue weighted by Gasteiger charge is 2.46. The smallest absolute Gasteiger partial charge is 0.296 e. The van der Waals surface area contributed by atoms with E-state index >= 15 is 0 Å². The Morgan fingerprint density at radius 3 is 2.54 bits per heavy atom. The number of benzene rings is 2. The lowest BCUT2D eigenvalue weighted by atomic mass is 9.95. The van der Waals surface area contributed by atoms with E-state index in [1.54, 1.807) is 48.7 Å². The van der Waals surface area contributed by atoms with Crippen LogP contribution in [0.1, 0.15) is 49.1 Å². The number of aliphatic hydroxyl groups is 1. The Labute approximate surface area is 221 Å². The highest BCUT2D eigenvalue weighted by Crippen LogP contribution is 2.44. The lowest BCUT2D eigenvalue weighted by Crippen LogP contribution is -2.31. The number of nitrogens with zero attached hydrogens (tertiary/aromatic N) is 2. The lowest BCUT2D eigenvalue weighted by Gasteiger charge is -2.24. The third kappa shape index (κ3) is 4.71. The molecule has 0 fully saturated rings. The van der Waals surface area contributed by atoms with Crippen LogP contribution in [0.5, 0.6) is 5.75 Å². The summed E-state index contributed by atoms with van der Waals surface area (Å²) in [5.41, 5.74) is 2.01. The topological polar surface area (TPSA) is 96.8 Å². The molecule has 37 heavy (non-hydrogen) atoms. The van der Waals surface area contributed by atoms with Crippen LogP contribution in [0.4, 0.5) is 5.13 Å². The van der Waals surface area contributed by atoms with Crippen LogP contribution in [-0.2, 0) is 11.4 Å². The van der Waals surface area contributed by atoms with E-state index in [0.29, 0.717) is 33.4 Å². The number of aromatic nitrogens is 1. The first-order chi connectivity index (χ1) is 17.8. The second kappa shape index (κ2) is 10.1. The maximum atomic E-state index is 13.5. The zero-order valence-electron chi connectivity index (χ0n) is 20.0. The van der Waals surface area contributed by atoms with Crippen molar-refractivity contribution in [2.24, 2.45) is 0 Å². The third-order valence-corrected chi connectivity index (χ3v) is 8.06. The van der Waals surface area contributed by atoms with Crippen LogP contribution >= 0.6 is 22.7 Å². The van der Waals surface area contributed by atoms with Crippen LogP contribution < -0.4 is 9.64 Å². The molecule has 0 spiro atoms. The largest absolute Gasteiger partial charge is 0.503 e. The summed E-state index contributed by atoms with van der Waals surface area (Å²) in [6.07, 6.45) is 0. The molecule has 1 aliphatic heterocycles. The Balaban J connectivity index is 1.58. The second-order valence-corrected chi connectivity index (χ2v) is 10.4. The normalized spacial score (nSPS) is 15.4. The van der Waals surface area contributed by atoms with Gasteiger partial charge in [-0.05, 0) is 41.6 Å². The van der Waals surface area contributed by atoms with Gasteiger partial charge in [0, 0.05) is 6.92 Å². The van der Waals surface area contributed by atoms with Gasteiger partial charge in [-0.2, -0.15) is 0 Å². The fourth-order valence-corrected chi connectivity index (χ4v) is 5.88. The highest BCUT2D eigenvalue weighted by atomic mass is 32.1. The molecule has 3 heterocycles. The van der Waals surface area contributed by atoms with Crippen LogP contribution in [0.3, 0.4) is 0 Å². The molecule has 2 aromatic heterocycles. The number of hydrogen-bond donors (Lipinski definition) is 1. The summed E-state index contributed by atoms with van der Waals surface area (Å²) < 4.78 is 5.99. The molecule has 1 unspecified atom stereocenters. The summed E-state index contributed by atoms with van der Waals surface area (Å²) in [5.74, 6) is -1.44. The summed E-state index contributed by atoms with van der Waals surface area (Å²) in [6, 6.07) is 19.2. The Morgan fingerprint density at radius 2 is 1.86 bits per heavy atom. The van der Waals surface area contributed by atoms with E-state index in [2.05, 4.69) is 4.98 Å². The van der Waals surface area contributed by atoms with Gasteiger partial charge in [-0.3, -0.25) is 19.3 Å². The molecule has 186 valence electrons. The number of aliphatic hydroxyl groups excluding tert-OH is 1. The zero-order valence-corrected chi connectivity index (χ0v) is 21.6. The third-order valence-electron chi connectivity index (χ3n) is 5.93. The van der Waals surface area contributed by atoms with Crippen LogP contribution in [0.2, 0.25) is 0 Å². The molecule has 0 aliphatic carbocycles. The summed E-state index contributed by atoms with van der Waals surface area (Å²) in [7, 11) is 0. The van der Waals surface area contributed by atoms with Gasteiger partial charge in [0.05, 0.1) is 27.1 Å². The maximum Gasteiger partial charge on any atom is 0.296 e. The highest BCUT2D eigenvalue weighted by molar-refractivity contribution is 7.17. The number of hydrogen-bond acceptors (Lipinski definition) is 8. The molecule has 0 saturated carbocycles. The second-order valence-electron chi connectivity index (χ2n) is 8.46. The van der Waals surface area contributed by atoms with Crippen LogP contribution in [0.25, 0.3) is 0 Å². The molecule has 0 radical (unpaired) electrons. The van der Waals surface area contributed by atoms with Crippen LogP contribution in [0, 0.1) is 6.92 Å². The van der Waals surface area contributed by atoms with E-state index < -0.39 is 23.5 Å². The molecular formula is C28H22N2O5S2. The fourth-order valence-electron chi connectivity index (χ4n) is 4.22. The summed E-state index contributed by atoms with van der Waals surface area (Å²) >= 11 is 2.29. The predicted octanol–water partition coefficient (Wildman–Crippen LogP) is 6.08. The van der Waals surface area contributed by atoms with Crippen molar-refractivity contribution in [1.82, 2.24) is 4.98 Å². The van der Waals surface area contributed by atoms with Crippen molar-refractivity contribution < 1.29 is 24.2 Å². The molecule has 2 aromatic carbocycles. The van der Waals surface area contributed by atoms with Gasteiger partial charge in [-0.15, -0.1) is 11.3 Å². The number of Topliss-reactive ketones (excluding diaryl/α,β-unsaturated/α-hetero) is 2. The first-order valence-electron chi connectivity index (χ1n) is 11.4. The van der Waals surface area contributed by atoms with Gasteiger partial charge < -0.3 is 9.84 Å². The average molecular weight is 531 g/mol. The maximum absolute atomic E-state index is 13.5. The molecule has 7 nitrogen and oxygen atoms in total. The average Bonchev–Trinajstić information content (AvgIpc) is 3.62. The van der Waals surface area contributed by atoms with Gasteiger partial charge in [0.25, 0.3) is 5.91 Å². The van der Waals surface area contributed by atoms with E-state index in [0.717, 1.165) is 16.9 Å². The number of anilines is 1. The van der Waals surface area contributed by atoms with Gasteiger partial charge in [0.15, 0.2) is 16.7 Å². The van der Waals surface area contributed by atoms with E-state index in [4.69, 9.17) is 4.74 Å². The molecular weight excluding hydrogens is 508 g/mol. The number of thiophene rings is 1. The molecule has 1 aliphatic rings. The van der Waals surface area contributed by atoms with E-state index in [1.807, 2.05) is 30.3 Å². The number of carbonyl (C=O) groups is 3. The number of ether oxygens (including phenoxy) is 1. The van der Waals surface area contributed by atoms with Crippen LogP contribution in [-0.4, -0.2) is 27.6 Å². The SMILES string of the molecule is CC(=O)c1sc(N2C(=O)C(O)=C(C(=O)c3cccs3)C2c2cccc(OCc3ccccc3)c2)nc1C. The Hall–Kier alpha value is -4.08. The number of thiazole rings is 1. The minimum absolute atomic E-state index is 0.0371. The standard InChI is InChI=1S/C28H22N2O5S2/c1-16-26(17(2)31)37-28(29-16)30-23(22(25(33)27(30)34)24(32)21-12-7-13-36-21)19-10-6-11-20(14-19)35-15-18-8-4-3-5-9-18/h3-14,23,33H,15H2,1-2H3. The van der Waals surface area contributed by atoms with Crippen molar-refractivity contribution in [1.29, 1.82) is 0 Å². The number of rotatable bonds is 8. The van der Waals surface area contributed by atoms with Gasteiger partial charge in [-0.25, -0.2) is 4.98 Å². The van der Waals surface area contributed by atoms with Crippen molar-refractivity contribution in [3.8, 4) is 5.75 Å². The number of amides is 1. The monoisotopic (exact) mass is 530 g/mol. The molecule has 0 bridgehead atoms. The van der Waals surface area contributed by atoms with Gasteiger partial charge in [-0.1, -0.05) is 59.9 Å². The molecule has 4 aromatic rings. The van der Waals surface area contributed by atoms with Gasteiger partial charge in [0.1, 0.15) is 12.4 Å². The van der Waals surface area contributed by atoms with E-state index in [1.165, 1.54) is 23.2 Å². The first-order valence-corrected chi connectivity index (χ1v) is 13.1. The Morgan fingerprint density at radius 1 is 1.08 bits per heavy atom.